The van der Waals surface area contributed by atoms with Gasteiger partial charge in [0.2, 0.25) is 5.91 Å². The van der Waals surface area contributed by atoms with Gasteiger partial charge in [-0.15, -0.1) is 0 Å². The van der Waals surface area contributed by atoms with Gasteiger partial charge in [0.15, 0.2) is 0 Å². The molecule has 1 saturated heterocycles. The Labute approximate surface area is 220 Å². The van der Waals surface area contributed by atoms with Crippen LogP contribution in [0, 0.1) is 46.3 Å². The van der Waals surface area contributed by atoms with E-state index in [1.54, 1.807) is 0 Å². The lowest BCUT2D eigenvalue weighted by molar-refractivity contribution is -0.127. The van der Waals surface area contributed by atoms with Crippen molar-refractivity contribution in [2.24, 2.45) is 46.3 Å². The molecule has 5 aliphatic rings. The highest BCUT2D eigenvalue weighted by atomic mass is 16.5. The molecule has 0 aromatic heterocycles. The molecule has 1 aliphatic heterocycles. The van der Waals surface area contributed by atoms with Crippen LogP contribution in [-0.2, 0) is 9.53 Å². The first-order valence-electron chi connectivity index (χ1n) is 15.3. The van der Waals surface area contributed by atoms with Crippen LogP contribution in [0.4, 0.5) is 0 Å². The van der Waals surface area contributed by atoms with Crippen molar-refractivity contribution >= 4 is 5.91 Å². The third-order valence-electron chi connectivity index (χ3n) is 12.2. The Morgan fingerprint density at radius 3 is 2.56 bits per heavy atom. The summed E-state index contributed by atoms with van der Waals surface area (Å²) in [5.74, 6) is 4.72. The standard InChI is InChI=1S/C31H54N2O3/c1-20(19-34)6-8-23-17-27-28(36-23)18-26-24-9-7-21-16-22(32-29(35)12-15-33(4)5)10-13-30(21,2)25(24)11-14-31(26,27)3/h20-28,34H,6-19H2,1-5H3,(H,32,35)/t20-,21+,22?,23+,24+,25?,26?,27-,28?,30-,31-/m0/s1. The molecule has 0 aromatic carbocycles. The van der Waals surface area contributed by atoms with E-state index in [9.17, 15) is 9.90 Å². The minimum Gasteiger partial charge on any atom is -0.396 e. The lowest BCUT2D eigenvalue weighted by Crippen LogP contribution is -2.55. The minimum atomic E-state index is 0.237. The summed E-state index contributed by atoms with van der Waals surface area (Å²) < 4.78 is 6.71. The highest BCUT2D eigenvalue weighted by molar-refractivity contribution is 5.76. The van der Waals surface area contributed by atoms with Crippen LogP contribution in [0.3, 0.4) is 0 Å². The zero-order chi connectivity index (χ0) is 25.7. The van der Waals surface area contributed by atoms with E-state index >= 15 is 0 Å². The molecule has 1 heterocycles. The Balaban J connectivity index is 1.19. The summed E-state index contributed by atoms with van der Waals surface area (Å²) in [6.07, 6.45) is 15.4. The molecule has 206 valence electrons. The molecule has 1 amide bonds. The third-order valence-corrected chi connectivity index (χ3v) is 12.2. The summed E-state index contributed by atoms with van der Waals surface area (Å²) in [6, 6.07) is 0.382. The first-order valence-corrected chi connectivity index (χ1v) is 15.3. The maximum atomic E-state index is 12.5. The van der Waals surface area contributed by atoms with Crippen LogP contribution in [0.25, 0.3) is 0 Å². The number of rotatable bonds is 8. The zero-order valence-electron chi connectivity index (χ0n) is 23.8. The maximum Gasteiger partial charge on any atom is 0.221 e. The van der Waals surface area contributed by atoms with Gasteiger partial charge in [0, 0.05) is 25.6 Å². The minimum absolute atomic E-state index is 0.237. The molecule has 5 heteroatoms. The fourth-order valence-electron chi connectivity index (χ4n) is 10.0. The predicted octanol–water partition coefficient (Wildman–Crippen LogP) is 5.26. The van der Waals surface area contributed by atoms with Gasteiger partial charge in [-0.1, -0.05) is 20.8 Å². The number of ether oxygens (including phenoxy) is 1. The van der Waals surface area contributed by atoms with Gasteiger partial charge in [-0.3, -0.25) is 4.79 Å². The number of hydrogen-bond acceptors (Lipinski definition) is 4. The molecular formula is C31H54N2O3. The van der Waals surface area contributed by atoms with E-state index in [0.717, 1.165) is 55.4 Å². The van der Waals surface area contributed by atoms with Crippen LogP contribution in [0.2, 0.25) is 0 Å². The topological polar surface area (TPSA) is 61.8 Å². The van der Waals surface area contributed by atoms with E-state index < -0.39 is 0 Å². The molecule has 5 rings (SSSR count). The number of carbonyl (C=O) groups excluding carboxylic acids is 1. The van der Waals surface area contributed by atoms with Gasteiger partial charge in [0.1, 0.15) is 0 Å². The molecule has 4 saturated carbocycles. The second-order valence-corrected chi connectivity index (χ2v) is 14.5. The van der Waals surface area contributed by atoms with Crippen molar-refractivity contribution < 1.29 is 14.6 Å². The van der Waals surface area contributed by atoms with Crippen molar-refractivity contribution in [3.63, 3.8) is 0 Å². The summed E-state index contributed by atoms with van der Waals surface area (Å²) in [6.45, 7) is 8.54. The highest BCUT2D eigenvalue weighted by Gasteiger charge is 2.64. The van der Waals surface area contributed by atoms with Crippen LogP contribution in [0.15, 0.2) is 0 Å². The number of hydrogen-bond donors (Lipinski definition) is 2. The van der Waals surface area contributed by atoms with Crippen molar-refractivity contribution in [3.8, 4) is 0 Å². The van der Waals surface area contributed by atoms with E-state index in [4.69, 9.17) is 4.74 Å². The van der Waals surface area contributed by atoms with E-state index in [2.05, 4.69) is 31.0 Å². The lowest BCUT2D eigenvalue weighted by atomic mass is 9.44. The summed E-state index contributed by atoms with van der Waals surface area (Å²) in [4.78, 5) is 14.6. The van der Waals surface area contributed by atoms with Crippen molar-refractivity contribution in [1.29, 1.82) is 0 Å². The van der Waals surface area contributed by atoms with Crippen LogP contribution >= 0.6 is 0 Å². The molecule has 0 radical (unpaired) electrons. The monoisotopic (exact) mass is 502 g/mol. The van der Waals surface area contributed by atoms with Crippen LogP contribution < -0.4 is 5.32 Å². The van der Waals surface area contributed by atoms with Crippen LogP contribution in [0.1, 0.15) is 97.8 Å². The van der Waals surface area contributed by atoms with Crippen LogP contribution in [-0.4, -0.2) is 61.4 Å². The Kier molecular flexibility index (Phi) is 7.85. The average molecular weight is 503 g/mol. The highest BCUT2D eigenvalue weighted by Crippen LogP contribution is 2.69. The number of carbonyl (C=O) groups is 1. The summed E-state index contributed by atoms with van der Waals surface area (Å²) in [5.41, 5.74) is 0.917. The van der Waals surface area contributed by atoms with E-state index in [0.29, 0.717) is 48.0 Å². The second kappa shape index (κ2) is 10.5. The number of amides is 1. The van der Waals surface area contributed by atoms with E-state index in [1.165, 1.54) is 51.4 Å². The molecular weight excluding hydrogens is 448 g/mol. The average Bonchev–Trinajstić information content (AvgIpc) is 3.38. The van der Waals surface area contributed by atoms with Gasteiger partial charge < -0.3 is 20.1 Å². The molecule has 0 bridgehead atoms. The van der Waals surface area contributed by atoms with Crippen molar-refractivity contribution in [2.75, 3.05) is 27.2 Å². The van der Waals surface area contributed by atoms with Crippen molar-refractivity contribution in [2.45, 2.75) is 116 Å². The normalized spacial score (nSPS) is 46.5. The molecule has 36 heavy (non-hydrogen) atoms. The van der Waals surface area contributed by atoms with Gasteiger partial charge in [0.25, 0.3) is 0 Å². The Bertz CT molecular complexity index is 788. The predicted molar refractivity (Wildman–Crippen MR) is 144 cm³/mol. The first-order chi connectivity index (χ1) is 17.1. The summed E-state index contributed by atoms with van der Waals surface area (Å²) in [5, 5.41) is 12.8. The van der Waals surface area contributed by atoms with E-state index in [1.807, 2.05) is 14.1 Å². The molecule has 2 N–H and O–H groups in total. The fourth-order valence-corrected chi connectivity index (χ4v) is 10.0. The molecule has 4 aliphatic carbocycles. The molecule has 5 nitrogen and oxygen atoms in total. The maximum absolute atomic E-state index is 12.5. The largest absolute Gasteiger partial charge is 0.396 e. The quantitative estimate of drug-likeness (QED) is 0.475. The number of aliphatic hydroxyl groups is 1. The van der Waals surface area contributed by atoms with Crippen molar-refractivity contribution in [1.82, 2.24) is 10.2 Å². The number of aliphatic hydroxyl groups excluding tert-OH is 1. The second-order valence-electron chi connectivity index (χ2n) is 14.5. The van der Waals surface area contributed by atoms with E-state index in [-0.39, 0.29) is 5.91 Å². The molecule has 0 aromatic rings. The zero-order valence-corrected chi connectivity index (χ0v) is 23.8. The van der Waals surface area contributed by atoms with Gasteiger partial charge in [-0.05, 0) is 131 Å². The van der Waals surface area contributed by atoms with Gasteiger partial charge in [-0.2, -0.15) is 0 Å². The molecule has 5 fully saturated rings. The smallest absolute Gasteiger partial charge is 0.221 e. The molecule has 11 atom stereocenters. The lowest BCUT2D eigenvalue weighted by Gasteiger charge is -2.61. The third kappa shape index (κ3) is 4.91. The van der Waals surface area contributed by atoms with Gasteiger partial charge in [0.05, 0.1) is 12.2 Å². The Hall–Kier alpha value is -0.650. The Morgan fingerprint density at radius 2 is 1.81 bits per heavy atom. The number of fused-ring (bicyclic) bond motifs is 7. The summed E-state index contributed by atoms with van der Waals surface area (Å²) in [7, 11) is 4.07. The van der Waals surface area contributed by atoms with Crippen molar-refractivity contribution in [3.05, 3.63) is 0 Å². The molecule has 4 unspecified atom stereocenters. The SMILES string of the molecule is C[C@H](CO)CC[C@@H]1C[C@H]2C(CC3[C@@H]4CC[C@@H]5CC(NC(=O)CCN(C)C)CC[C@]5(C)C4CC[C@@]32C)O1. The first kappa shape index (κ1) is 26.9. The molecule has 0 spiro atoms. The van der Waals surface area contributed by atoms with Gasteiger partial charge >= 0.3 is 0 Å². The van der Waals surface area contributed by atoms with Crippen LogP contribution in [0.5, 0.6) is 0 Å². The van der Waals surface area contributed by atoms with Gasteiger partial charge in [-0.25, -0.2) is 0 Å². The fraction of sp³-hybridized carbons (Fsp3) is 0.968. The number of nitrogens with one attached hydrogen (secondary N) is 1. The number of nitrogens with zero attached hydrogens (tertiary/aromatic N) is 1. The Morgan fingerprint density at radius 1 is 1.03 bits per heavy atom. The summed E-state index contributed by atoms with van der Waals surface area (Å²) >= 11 is 0.